The number of para-hydroxylation sites is 1. The van der Waals surface area contributed by atoms with Crippen molar-refractivity contribution in [2.45, 2.75) is 13.0 Å². The van der Waals surface area contributed by atoms with Crippen LogP contribution in [0.25, 0.3) is 10.9 Å². The lowest BCUT2D eigenvalue weighted by atomic mass is 10.2. The lowest BCUT2D eigenvalue weighted by Crippen LogP contribution is -2.26. The van der Waals surface area contributed by atoms with Gasteiger partial charge in [0.25, 0.3) is 0 Å². The smallest absolute Gasteiger partial charge is 0.208 e. The number of H-pyrrole nitrogens is 1. The Morgan fingerprint density at radius 3 is 2.70 bits per heavy atom. The summed E-state index contributed by atoms with van der Waals surface area (Å²) in [7, 11) is -3.09. The molecule has 0 aliphatic rings. The first-order chi connectivity index (χ1) is 9.47. The van der Waals surface area contributed by atoms with E-state index < -0.39 is 10.0 Å². The SMILES string of the molecule is CS(=O)(=O)NCCCNCc1[nH]c2ccccc2c1Cl. The summed E-state index contributed by atoms with van der Waals surface area (Å²) in [5, 5.41) is 5.00. The number of sulfonamides is 1. The van der Waals surface area contributed by atoms with E-state index in [0.29, 0.717) is 19.6 Å². The van der Waals surface area contributed by atoms with Gasteiger partial charge in [0, 0.05) is 29.7 Å². The van der Waals surface area contributed by atoms with E-state index in [-0.39, 0.29) is 0 Å². The number of rotatable bonds is 7. The van der Waals surface area contributed by atoms with E-state index >= 15 is 0 Å². The number of halogens is 1. The summed E-state index contributed by atoms with van der Waals surface area (Å²) < 4.78 is 24.2. The number of nitrogens with one attached hydrogen (secondary N) is 3. The van der Waals surface area contributed by atoms with Crippen molar-refractivity contribution in [3.63, 3.8) is 0 Å². The highest BCUT2D eigenvalue weighted by Gasteiger charge is 2.08. The van der Waals surface area contributed by atoms with Crippen molar-refractivity contribution in [3.05, 3.63) is 35.0 Å². The van der Waals surface area contributed by atoms with Crippen molar-refractivity contribution in [3.8, 4) is 0 Å². The Labute approximate surface area is 123 Å². The van der Waals surface area contributed by atoms with E-state index in [2.05, 4.69) is 15.0 Å². The first-order valence-electron chi connectivity index (χ1n) is 6.38. The first-order valence-corrected chi connectivity index (χ1v) is 8.65. The molecule has 0 radical (unpaired) electrons. The average Bonchev–Trinajstić information content (AvgIpc) is 2.70. The molecule has 0 unspecified atom stereocenters. The Hall–Kier alpha value is -1.08. The summed E-state index contributed by atoms with van der Waals surface area (Å²) in [6, 6.07) is 7.88. The number of aromatic nitrogens is 1. The van der Waals surface area contributed by atoms with Gasteiger partial charge in [-0.05, 0) is 19.0 Å². The minimum atomic E-state index is -3.09. The molecule has 0 spiro atoms. The summed E-state index contributed by atoms with van der Waals surface area (Å²) in [5.41, 5.74) is 1.97. The Morgan fingerprint density at radius 1 is 1.25 bits per heavy atom. The van der Waals surface area contributed by atoms with Crippen molar-refractivity contribution in [2.75, 3.05) is 19.3 Å². The molecule has 0 saturated heterocycles. The Balaban J connectivity index is 1.80. The van der Waals surface area contributed by atoms with E-state index in [0.717, 1.165) is 34.3 Å². The zero-order valence-corrected chi connectivity index (χ0v) is 12.8. The van der Waals surface area contributed by atoms with Gasteiger partial charge in [-0.3, -0.25) is 0 Å². The predicted molar refractivity (Wildman–Crippen MR) is 82.5 cm³/mol. The Bertz CT molecular complexity index is 682. The van der Waals surface area contributed by atoms with Gasteiger partial charge in [-0.1, -0.05) is 29.8 Å². The van der Waals surface area contributed by atoms with Crippen LogP contribution in [0.3, 0.4) is 0 Å². The molecule has 0 saturated carbocycles. The highest BCUT2D eigenvalue weighted by molar-refractivity contribution is 7.88. The van der Waals surface area contributed by atoms with Crippen LogP contribution in [0.2, 0.25) is 5.02 Å². The van der Waals surface area contributed by atoms with Gasteiger partial charge in [-0.25, -0.2) is 13.1 Å². The minimum absolute atomic E-state index is 0.437. The van der Waals surface area contributed by atoms with Crippen LogP contribution in [0, 0.1) is 0 Å². The van der Waals surface area contributed by atoms with Crippen molar-refractivity contribution >= 4 is 32.5 Å². The monoisotopic (exact) mass is 315 g/mol. The quantitative estimate of drug-likeness (QED) is 0.683. The molecule has 0 fully saturated rings. The summed E-state index contributed by atoms with van der Waals surface area (Å²) in [6.07, 6.45) is 1.88. The van der Waals surface area contributed by atoms with Crippen LogP contribution in [-0.2, 0) is 16.6 Å². The van der Waals surface area contributed by atoms with Crippen LogP contribution < -0.4 is 10.0 Å². The molecule has 0 atom stereocenters. The fourth-order valence-electron chi connectivity index (χ4n) is 1.97. The number of hydrogen-bond acceptors (Lipinski definition) is 3. The summed E-state index contributed by atoms with van der Waals surface area (Å²) >= 11 is 6.29. The van der Waals surface area contributed by atoms with Crippen LogP contribution in [-0.4, -0.2) is 32.7 Å². The molecule has 2 rings (SSSR count). The molecule has 2 aromatic rings. The largest absolute Gasteiger partial charge is 0.356 e. The van der Waals surface area contributed by atoms with Crippen molar-refractivity contribution in [2.24, 2.45) is 0 Å². The van der Waals surface area contributed by atoms with Crippen LogP contribution in [0.5, 0.6) is 0 Å². The van der Waals surface area contributed by atoms with Gasteiger partial charge in [-0.15, -0.1) is 0 Å². The molecule has 5 nitrogen and oxygen atoms in total. The van der Waals surface area contributed by atoms with Crippen LogP contribution in [0.4, 0.5) is 0 Å². The van der Waals surface area contributed by atoms with E-state index in [1.54, 1.807) is 0 Å². The second-order valence-electron chi connectivity index (χ2n) is 4.66. The first kappa shape index (κ1) is 15.3. The van der Waals surface area contributed by atoms with Crippen molar-refractivity contribution in [1.29, 1.82) is 0 Å². The average molecular weight is 316 g/mol. The zero-order chi connectivity index (χ0) is 14.6. The third-order valence-corrected chi connectivity index (χ3v) is 4.07. The molecule has 20 heavy (non-hydrogen) atoms. The molecule has 110 valence electrons. The maximum absolute atomic E-state index is 10.9. The molecule has 1 aromatic carbocycles. The summed E-state index contributed by atoms with van der Waals surface area (Å²) in [5.74, 6) is 0. The molecule has 0 amide bonds. The molecule has 1 aromatic heterocycles. The Kier molecular flexibility index (Phi) is 5.04. The molecule has 0 bridgehead atoms. The number of aromatic amines is 1. The molecule has 7 heteroatoms. The normalized spacial score (nSPS) is 12.1. The molecule has 1 heterocycles. The standard InChI is InChI=1S/C13H18ClN3O2S/c1-20(18,19)16-8-4-7-15-9-12-13(14)10-5-2-3-6-11(10)17-12/h2-3,5-6,15-17H,4,7-9H2,1H3. The highest BCUT2D eigenvalue weighted by atomic mass is 35.5. The summed E-state index contributed by atoms with van der Waals surface area (Å²) in [6.45, 7) is 1.78. The van der Waals surface area contributed by atoms with Gasteiger partial charge < -0.3 is 10.3 Å². The van der Waals surface area contributed by atoms with E-state index in [1.165, 1.54) is 0 Å². The lowest BCUT2D eigenvalue weighted by molar-refractivity contribution is 0.578. The highest BCUT2D eigenvalue weighted by Crippen LogP contribution is 2.26. The third kappa shape index (κ3) is 4.21. The maximum atomic E-state index is 10.9. The van der Waals surface area contributed by atoms with E-state index in [9.17, 15) is 8.42 Å². The molecule has 3 N–H and O–H groups in total. The van der Waals surface area contributed by atoms with Gasteiger partial charge in [0.1, 0.15) is 0 Å². The molecular weight excluding hydrogens is 298 g/mol. The number of hydrogen-bond donors (Lipinski definition) is 3. The van der Waals surface area contributed by atoms with E-state index in [1.807, 2.05) is 24.3 Å². The molecular formula is C13H18ClN3O2S. The van der Waals surface area contributed by atoms with Gasteiger partial charge in [0.2, 0.25) is 10.0 Å². The van der Waals surface area contributed by atoms with Crippen LogP contribution in [0.15, 0.2) is 24.3 Å². The lowest BCUT2D eigenvalue weighted by Gasteiger charge is -2.04. The molecule has 0 aliphatic heterocycles. The third-order valence-electron chi connectivity index (χ3n) is 2.91. The van der Waals surface area contributed by atoms with Crippen molar-refractivity contribution < 1.29 is 8.42 Å². The molecule has 0 aliphatic carbocycles. The second kappa shape index (κ2) is 6.58. The van der Waals surface area contributed by atoms with Crippen molar-refractivity contribution in [1.82, 2.24) is 15.0 Å². The van der Waals surface area contributed by atoms with Gasteiger partial charge >= 0.3 is 0 Å². The zero-order valence-electron chi connectivity index (χ0n) is 11.2. The fourth-order valence-corrected chi connectivity index (χ4v) is 2.76. The minimum Gasteiger partial charge on any atom is -0.356 e. The van der Waals surface area contributed by atoms with Gasteiger partial charge in [-0.2, -0.15) is 0 Å². The van der Waals surface area contributed by atoms with Crippen LogP contribution in [0.1, 0.15) is 12.1 Å². The Morgan fingerprint density at radius 2 is 2.00 bits per heavy atom. The fraction of sp³-hybridized carbons (Fsp3) is 0.385. The predicted octanol–water partition coefficient (Wildman–Crippen LogP) is 1.85. The van der Waals surface area contributed by atoms with Crippen LogP contribution >= 0.6 is 11.6 Å². The maximum Gasteiger partial charge on any atom is 0.208 e. The van der Waals surface area contributed by atoms with Gasteiger partial charge in [0.05, 0.1) is 11.3 Å². The second-order valence-corrected chi connectivity index (χ2v) is 6.87. The number of fused-ring (bicyclic) bond motifs is 1. The van der Waals surface area contributed by atoms with Gasteiger partial charge in [0.15, 0.2) is 0 Å². The topological polar surface area (TPSA) is 74.0 Å². The summed E-state index contributed by atoms with van der Waals surface area (Å²) in [4.78, 5) is 3.27. The van der Waals surface area contributed by atoms with E-state index in [4.69, 9.17) is 11.6 Å². The number of benzene rings is 1.